The molecule has 0 fully saturated rings. The molecule has 0 saturated heterocycles. The maximum atomic E-state index is 13.1. The van der Waals surface area contributed by atoms with Gasteiger partial charge in [-0.05, 0) is 54.8 Å². The SMILES string of the molecule is COc1ccc2c(c1)-c1cc(C)nn1C2Cc1ccc(F)cc1. The van der Waals surface area contributed by atoms with Gasteiger partial charge in [-0.25, -0.2) is 4.39 Å². The van der Waals surface area contributed by atoms with Crippen LogP contribution in [-0.2, 0) is 6.42 Å². The van der Waals surface area contributed by atoms with Crippen LogP contribution in [0.25, 0.3) is 11.3 Å². The third-order valence-corrected chi connectivity index (χ3v) is 4.39. The van der Waals surface area contributed by atoms with Gasteiger partial charge in [0.25, 0.3) is 0 Å². The molecule has 2 aromatic carbocycles. The predicted molar refractivity (Wildman–Crippen MR) is 87.2 cm³/mol. The highest BCUT2D eigenvalue weighted by Crippen LogP contribution is 2.42. The van der Waals surface area contributed by atoms with E-state index in [1.54, 1.807) is 7.11 Å². The van der Waals surface area contributed by atoms with E-state index in [4.69, 9.17) is 4.74 Å². The van der Waals surface area contributed by atoms with E-state index in [0.717, 1.165) is 34.7 Å². The molecule has 2 heterocycles. The van der Waals surface area contributed by atoms with E-state index in [1.807, 2.05) is 25.1 Å². The molecule has 1 aromatic heterocycles. The van der Waals surface area contributed by atoms with Crippen molar-refractivity contribution in [3.8, 4) is 17.0 Å². The Morgan fingerprint density at radius 3 is 2.65 bits per heavy atom. The maximum absolute atomic E-state index is 13.1. The molecular weight excluding hydrogens is 291 g/mol. The number of rotatable bonds is 3. The molecule has 116 valence electrons. The zero-order valence-electron chi connectivity index (χ0n) is 13.1. The Morgan fingerprint density at radius 1 is 1.13 bits per heavy atom. The van der Waals surface area contributed by atoms with Gasteiger partial charge in [-0.3, -0.25) is 4.68 Å². The number of ether oxygens (including phenoxy) is 1. The van der Waals surface area contributed by atoms with Gasteiger partial charge in [0.15, 0.2) is 0 Å². The number of aryl methyl sites for hydroxylation is 1. The van der Waals surface area contributed by atoms with Crippen molar-refractivity contribution in [3.63, 3.8) is 0 Å². The number of aromatic nitrogens is 2. The molecule has 4 heteroatoms. The average molecular weight is 308 g/mol. The van der Waals surface area contributed by atoms with Crippen LogP contribution in [0.15, 0.2) is 48.5 Å². The Bertz CT molecular complexity index is 868. The van der Waals surface area contributed by atoms with Crippen LogP contribution in [0.2, 0.25) is 0 Å². The fourth-order valence-electron chi connectivity index (χ4n) is 3.30. The zero-order valence-corrected chi connectivity index (χ0v) is 13.1. The van der Waals surface area contributed by atoms with Crippen molar-refractivity contribution in [1.29, 1.82) is 0 Å². The van der Waals surface area contributed by atoms with Gasteiger partial charge in [0.2, 0.25) is 0 Å². The number of methoxy groups -OCH3 is 1. The van der Waals surface area contributed by atoms with Gasteiger partial charge in [-0.2, -0.15) is 5.10 Å². The second-order valence-electron chi connectivity index (χ2n) is 5.92. The van der Waals surface area contributed by atoms with Crippen molar-refractivity contribution in [2.75, 3.05) is 7.11 Å². The molecule has 0 amide bonds. The molecule has 1 aliphatic rings. The van der Waals surface area contributed by atoms with E-state index in [2.05, 4.69) is 28.0 Å². The molecule has 0 bridgehead atoms. The van der Waals surface area contributed by atoms with Gasteiger partial charge < -0.3 is 4.74 Å². The molecule has 0 aliphatic carbocycles. The summed E-state index contributed by atoms with van der Waals surface area (Å²) in [6, 6.07) is 15.1. The first-order valence-electron chi connectivity index (χ1n) is 7.64. The molecule has 0 spiro atoms. The molecule has 23 heavy (non-hydrogen) atoms. The molecule has 4 rings (SSSR count). The van der Waals surface area contributed by atoms with Gasteiger partial charge in [-0.1, -0.05) is 18.2 Å². The normalized spacial score (nSPS) is 15.3. The number of halogens is 1. The van der Waals surface area contributed by atoms with Crippen LogP contribution in [0.1, 0.15) is 22.9 Å². The standard InChI is InChI=1S/C19H17FN2O/c1-12-9-18-17-11-15(23-2)7-8-16(17)19(22(18)21-12)10-13-3-5-14(20)6-4-13/h3-9,11,19H,10H2,1-2H3. The van der Waals surface area contributed by atoms with Crippen LogP contribution >= 0.6 is 0 Å². The van der Waals surface area contributed by atoms with E-state index < -0.39 is 0 Å². The summed E-state index contributed by atoms with van der Waals surface area (Å²) in [4.78, 5) is 0. The van der Waals surface area contributed by atoms with Gasteiger partial charge in [-0.15, -0.1) is 0 Å². The Kier molecular flexibility index (Phi) is 3.18. The van der Waals surface area contributed by atoms with Crippen LogP contribution in [0.3, 0.4) is 0 Å². The Labute approximate surface area is 134 Å². The van der Waals surface area contributed by atoms with Crippen LogP contribution < -0.4 is 4.74 Å². The first kappa shape index (κ1) is 14.0. The number of fused-ring (bicyclic) bond motifs is 3. The Morgan fingerprint density at radius 2 is 1.91 bits per heavy atom. The van der Waals surface area contributed by atoms with Crippen molar-refractivity contribution in [2.24, 2.45) is 0 Å². The third-order valence-electron chi connectivity index (χ3n) is 4.39. The predicted octanol–water partition coefficient (Wildman–Crippen LogP) is 4.15. The van der Waals surface area contributed by atoms with Crippen LogP contribution in [0.4, 0.5) is 4.39 Å². The van der Waals surface area contributed by atoms with E-state index in [9.17, 15) is 4.39 Å². The van der Waals surface area contributed by atoms with E-state index >= 15 is 0 Å². The summed E-state index contributed by atoms with van der Waals surface area (Å²) in [6.07, 6.45) is 0.785. The molecular formula is C19H17FN2O. The summed E-state index contributed by atoms with van der Waals surface area (Å²) in [5.74, 6) is 0.637. The van der Waals surface area contributed by atoms with Gasteiger partial charge in [0, 0.05) is 5.56 Å². The quantitative estimate of drug-likeness (QED) is 0.727. The minimum atomic E-state index is -0.207. The molecule has 3 aromatic rings. The molecule has 1 aliphatic heterocycles. The maximum Gasteiger partial charge on any atom is 0.123 e. The van der Waals surface area contributed by atoms with Gasteiger partial charge in [0.1, 0.15) is 11.6 Å². The molecule has 1 atom stereocenters. The molecule has 3 nitrogen and oxygen atoms in total. The molecule has 0 saturated carbocycles. The summed E-state index contributed by atoms with van der Waals surface area (Å²) in [6.45, 7) is 2.00. The second-order valence-corrected chi connectivity index (χ2v) is 5.92. The summed E-state index contributed by atoms with van der Waals surface area (Å²) in [5, 5.41) is 4.66. The summed E-state index contributed by atoms with van der Waals surface area (Å²) in [5.41, 5.74) is 5.61. The third kappa shape index (κ3) is 2.31. The number of nitrogens with zero attached hydrogens (tertiary/aromatic N) is 2. The molecule has 0 radical (unpaired) electrons. The van der Waals surface area contributed by atoms with E-state index in [1.165, 1.54) is 17.7 Å². The highest BCUT2D eigenvalue weighted by molar-refractivity contribution is 5.71. The van der Waals surface area contributed by atoms with Crippen LogP contribution in [0, 0.1) is 12.7 Å². The number of hydrogen-bond acceptors (Lipinski definition) is 2. The smallest absolute Gasteiger partial charge is 0.123 e. The summed E-state index contributed by atoms with van der Waals surface area (Å²) >= 11 is 0. The monoisotopic (exact) mass is 308 g/mol. The highest BCUT2D eigenvalue weighted by Gasteiger charge is 2.30. The van der Waals surface area contributed by atoms with Crippen molar-refractivity contribution in [2.45, 2.75) is 19.4 Å². The first-order chi connectivity index (χ1) is 11.2. The van der Waals surface area contributed by atoms with Crippen molar-refractivity contribution in [1.82, 2.24) is 9.78 Å². The fraction of sp³-hybridized carbons (Fsp3) is 0.211. The van der Waals surface area contributed by atoms with Crippen molar-refractivity contribution in [3.05, 3.63) is 71.2 Å². The van der Waals surface area contributed by atoms with Crippen LogP contribution in [-0.4, -0.2) is 16.9 Å². The Hall–Kier alpha value is -2.62. The number of benzene rings is 2. The van der Waals surface area contributed by atoms with Crippen molar-refractivity contribution < 1.29 is 9.13 Å². The van der Waals surface area contributed by atoms with E-state index in [0.29, 0.717) is 0 Å². The Balaban J connectivity index is 1.79. The molecule has 1 unspecified atom stereocenters. The van der Waals surface area contributed by atoms with Crippen LogP contribution in [0.5, 0.6) is 5.75 Å². The second kappa shape index (κ2) is 5.23. The topological polar surface area (TPSA) is 27.1 Å². The first-order valence-corrected chi connectivity index (χ1v) is 7.64. The van der Waals surface area contributed by atoms with Crippen molar-refractivity contribution >= 4 is 0 Å². The zero-order chi connectivity index (χ0) is 16.0. The van der Waals surface area contributed by atoms with Gasteiger partial charge in [0.05, 0.1) is 24.5 Å². The highest BCUT2D eigenvalue weighted by atomic mass is 19.1. The average Bonchev–Trinajstić information content (AvgIpc) is 3.06. The lowest BCUT2D eigenvalue weighted by atomic mass is 9.97. The lowest BCUT2D eigenvalue weighted by Crippen LogP contribution is -2.11. The lowest BCUT2D eigenvalue weighted by Gasteiger charge is -2.14. The minimum Gasteiger partial charge on any atom is -0.497 e. The lowest BCUT2D eigenvalue weighted by molar-refractivity contribution is 0.415. The van der Waals surface area contributed by atoms with E-state index in [-0.39, 0.29) is 11.9 Å². The largest absolute Gasteiger partial charge is 0.497 e. The summed E-state index contributed by atoms with van der Waals surface area (Å²) < 4.78 is 20.6. The summed E-state index contributed by atoms with van der Waals surface area (Å²) in [7, 11) is 1.68. The molecule has 0 N–H and O–H groups in total. The number of hydrogen-bond donors (Lipinski definition) is 0. The minimum absolute atomic E-state index is 0.130. The fourth-order valence-corrected chi connectivity index (χ4v) is 3.30. The van der Waals surface area contributed by atoms with Gasteiger partial charge >= 0.3 is 0 Å².